The first-order chi connectivity index (χ1) is 8.82. The molecule has 0 aliphatic carbocycles. The molecular weight excluding hydrogens is 218 g/mol. The molecule has 0 amide bonds. The van der Waals surface area contributed by atoms with Gasteiger partial charge in [0.15, 0.2) is 0 Å². The Morgan fingerprint density at radius 3 is 2.67 bits per heavy atom. The molecule has 1 nitrogen and oxygen atoms in total. The molecule has 1 heteroatoms. The van der Waals surface area contributed by atoms with Crippen LogP contribution in [0, 0.1) is 5.41 Å². The summed E-state index contributed by atoms with van der Waals surface area (Å²) in [6.45, 7) is 7.04. The van der Waals surface area contributed by atoms with Crippen LogP contribution in [0.3, 0.4) is 0 Å². The highest BCUT2D eigenvalue weighted by Gasteiger charge is 2.39. The van der Waals surface area contributed by atoms with Gasteiger partial charge in [0.2, 0.25) is 0 Å². The first-order valence-electron chi connectivity index (χ1n) is 7.58. The van der Waals surface area contributed by atoms with E-state index in [0.29, 0.717) is 11.3 Å². The molecule has 100 valence electrons. The van der Waals surface area contributed by atoms with E-state index < -0.39 is 0 Å². The Morgan fingerprint density at radius 2 is 2.00 bits per heavy atom. The van der Waals surface area contributed by atoms with Crippen molar-refractivity contribution in [2.24, 2.45) is 5.41 Å². The van der Waals surface area contributed by atoms with E-state index in [2.05, 4.69) is 49.5 Å². The molecule has 1 fully saturated rings. The van der Waals surface area contributed by atoms with Gasteiger partial charge < -0.3 is 5.32 Å². The number of rotatable bonds is 5. The van der Waals surface area contributed by atoms with E-state index in [1.165, 1.54) is 44.2 Å². The fourth-order valence-electron chi connectivity index (χ4n) is 3.56. The van der Waals surface area contributed by atoms with Crippen LogP contribution in [-0.2, 0) is 0 Å². The lowest BCUT2D eigenvalue weighted by molar-refractivity contribution is 0.136. The summed E-state index contributed by atoms with van der Waals surface area (Å²) in [7, 11) is 0. The smallest absolute Gasteiger partial charge is 0.00255 e. The summed E-state index contributed by atoms with van der Waals surface area (Å²) in [6.07, 6.45) is 6.73. The fraction of sp³-hybridized carbons (Fsp3) is 0.647. The van der Waals surface area contributed by atoms with E-state index in [9.17, 15) is 0 Å². The number of hydrogen-bond acceptors (Lipinski definition) is 1. The molecule has 1 saturated heterocycles. The first kappa shape index (κ1) is 13.6. The van der Waals surface area contributed by atoms with Crippen molar-refractivity contribution in [2.45, 2.75) is 51.9 Å². The summed E-state index contributed by atoms with van der Waals surface area (Å²) < 4.78 is 0. The molecule has 1 heterocycles. The zero-order valence-electron chi connectivity index (χ0n) is 11.9. The monoisotopic (exact) mass is 245 g/mol. The van der Waals surface area contributed by atoms with Crippen LogP contribution in [0.1, 0.15) is 57.4 Å². The van der Waals surface area contributed by atoms with Crippen LogP contribution in [0.2, 0.25) is 0 Å². The molecular formula is C17H27N. The molecule has 2 unspecified atom stereocenters. The van der Waals surface area contributed by atoms with E-state index in [4.69, 9.17) is 0 Å². The van der Waals surface area contributed by atoms with Gasteiger partial charge >= 0.3 is 0 Å². The fourth-order valence-corrected chi connectivity index (χ4v) is 3.56. The van der Waals surface area contributed by atoms with Gasteiger partial charge in [0, 0.05) is 12.5 Å². The molecule has 2 rings (SSSR count). The molecule has 1 aliphatic heterocycles. The van der Waals surface area contributed by atoms with Crippen LogP contribution >= 0.6 is 0 Å². The maximum absolute atomic E-state index is 3.60. The van der Waals surface area contributed by atoms with Gasteiger partial charge in [-0.05, 0) is 36.8 Å². The molecule has 0 aromatic heterocycles. The number of piperidine rings is 1. The zero-order valence-corrected chi connectivity index (χ0v) is 11.9. The summed E-state index contributed by atoms with van der Waals surface area (Å²) in [6, 6.07) is 11.1. The van der Waals surface area contributed by atoms with Crippen molar-refractivity contribution >= 4 is 0 Å². The van der Waals surface area contributed by atoms with Gasteiger partial charge in [-0.25, -0.2) is 0 Å². The molecule has 18 heavy (non-hydrogen) atoms. The maximum Gasteiger partial charge on any atom is 0.00255 e. The van der Waals surface area contributed by atoms with E-state index in [-0.39, 0.29) is 0 Å². The largest absolute Gasteiger partial charge is 0.316 e. The van der Waals surface area contributed by atoms with E-state index in [1.54, 1.807) is 0 Å². The van der Waals surface area contributed by atoms with Crippen LogP contribution in [0.25, 0.3) is 0 Å². The lowest BCUT2D eigenvalue weighted by atomic mass is 9.64. The second-order valence-electron chi connectivity index (χ2n) is 5.74. The first-order valence-corrected chi connectivity index (χ1v) is 7.58. The van der Waals surface area contributed by atoms with E-state index in [1.807, 2.05) is 0 Å². The molecule has 1 N–H and O–H groups in total. The van der Waals surface area contributed by atoms with Gasteiger partial charge in [0.05, 0.1) is 0 Å². The molecule has 0 radical (unpaired) electrons. The second kappa shape index (κ2) is 6.38. The molecule has 1 aromatic carbocycles. The summed E-state index contributed by atoms with van der Waals surface area (Å²) in [4.78, 5) is 0. The van der Waals surface area contributed by atoms with Gasteiger partial charge in [-0.1, -0.05) is 57.0 Å². The standard InChI is InChI=1S/C17H27N/c1-3-5-11-17(4-2)12-13-18-14-16(17)15-9-7-6-8-10-15/h6-10,16,18H,3-5,11-14H2,1-2H3. The van der Waals surface area contributed by atoms with Crippen LogP contribution in [0.5, 0.6) is 0 Å². The minimum absolute atomic E-state index is 0.530. The van der Waals surface area contributed by atoms with Gasteiger partial charge in [-0.3, -0.25) is 0 Å². The second-order valence-corrected chi connectivity index (χ2v) is 5.74. The number of nitrogens with one attached hydrogen (secondary N) is 1. The predicted octanol–water partition coefficient (Wildman–Crippen LogP) is 4.35. The van der Waals surface area contributed by atoms with E-state index >= 15 is 0 Å². The lowest BCUT2D eigenvalue weighted by Gasteiger charge is -2.45. The van der Waals surface area contributed by atoms with Crippen LogP contribution in [-0.4, -0.2) is 13.1 Å². The average Bonchev–Trinajstić information content (AvgIpc) is 2.46. The van der Waals surface area contributed by atoms with Gasteiger partial charge in [-0.2, -0.15) is 0 Å². The van der Waals surface area contributed by atoms with Crippen molar-refractivity contribution in [3.05, 3.63) is 35.9 Å². The maximum atomic E-state index is 3.60. The Kier molecular flexibility index (Phi) is 4.82. The van der Waals surface area contributed by atoms with Gasteiger partial charge in [0.25, 0.3) is 0 Å². The third kappa shape index (κ3) is 2.77. The van der Waals surface area contributed by atoms with Crippen LogP contribution in [0.4, 0.5) is 0 Å². The Balaban J connectivity index is 2.23. The van der Waals surface area contributed by atoms with Crippen molar-refractivity contribution in [3.8, 4) is 0 Å². The Bertz CT molecular complexity index is 346. The molecule has 1 aromatic rings. The third-order valence-electron chi connectivity index (χ3n) is 4.82. The summed E-state index contributed by atoms with van der Waals surface area (Å²) in [5, 5.41) is 3.60. The molecule has 1 aliphatic rings. The molecule has 0 spiro atoms. The van der Waals surface area contributed by atoms with Crippen LogP contribution < -0.4 is 5.32 Å². The van der Waals surface area contributed by atoms with Crippen molar-refractivity contribution in [1.82, 2.24) is 5.32 Å². The number of unbranched alkanes of at least 4 members (excludes halogenated alkanes) is 1. The molecule has 0 bridgehead atoms. The number of hydrogen-bond donors (Lipinski definition) is 1. The van der Waals surface area contributed by atoms with Crippen molar-refractivity contribution < 1.29 is 0 Å². The lowest BCUT2D eigenvalue weighted by Crippen LogP contribution is -2.43. The highest BCUT2D eigenvalue weighted by molar-refractivity contribution is 5.23. The summed E-state index contributed by atoms with van der Waals surface area (Å²) in [5.41, 5.74) is 2.06. The Hall–Kier alpha value is -0.820. The predicted molar refractivity (Wildman–Crippen MR) is 78.9 cm³/mol. The van der Waals surface area contributed by atoms with Crippen molar-refractivity contribution in [3.63, 3.8) is 0 Å². The SMILES string of the molecule is CCCCC1(CC)CCNCC1c1ccccc1. The van der Waals surface area contributed by atoms with Gasteiger partial charge in [-0.15, -0.1) is 0 Å². The third-order valence-corrected chi connectivity index (χ3v) is 4.82. The summed E-state index contributed by atoms with van der Waals surface area (Å²) >= 11 is 0. The van der Waals surface area contributed by atoms with Gasteiger partial charge in [0.1, 0.15) is 0 Å². The minimum atomic E-state index is 0.530. The Morgan fingerprint density at radius 1 is 1.22 bits per heavy atom. The van der Waals surface area contributed by atoms with Crippen molar-refractivity contribution in [1.29, 1.82) is 0 Å². The van der Waals surface area contributed by atoms with E-state index in [0.717, 1.165) is 6.54 Å². The number of benzene rings is 1. The Labute approximate surface area is 112 Å². The minimum Gasteiger partial charge on any atom is -0.316 e. The summed E-state index contributed by atoms with van der Waals surface area (Å²) in [5.74, 6) is 0.698. The highest BCUT2D eigenvalue weighted by atomic mass is 14.9. The molecule has 2 atom stereocenters. The average molecular weight is 245 g/mol. The zero-order chi connectivity index (χ0) is 12.8. The molecule has 0 saturated carbocycles. The normalized spacial score (nSPS) is 28.2. The van der Waals surface area contributed by atoms with Crippen LogP contribution in [0.15, 0.2) is 30.3 Å². The van der Waals surface area contributed by atoms with Crippen molar-refractivity contribution in [2.75, 3.05) is 13.1 Å². The quantitative estimate of drug-likeness (QED) is 0.813. The topological polar surface area (TPSA) is 12.0 Å². The highest BCUT2D eigenvalue weighted by Crippen LogP contribution is 2.47.